The molecule has 86 valence electrons. The van der Waals surface area contributed by atoms with E-state index in [1.54, 1.807) is 0 Å². The molecule has 2 aliphatic rings. The third kappa shape index (κ3) is 2.83. The molecule has 0 spiro atoms. The second-order valence-electron chi connectivity index (χ2n) is 4.94. The Morgan fingerprint density at radius 1 is 1.33 bits per heavy atom. The van der Waals surface area contributed by atoms with Crippen LogP contribution in [-0.2, 0) is 0 Å². The molecule has 1 N–H and O–H groups in total. The molecule has 1 heterocycles. The Labute approximate surface area is 98.4 Å². The highest BCUT2D eigenvalue weighted by atomic mass is 32.1. The maximum atomic E-state index is 5.47. The lowest BCUT2D eigenvalue weighted by atomic mass is 10.1. The molecule has 0 aromatic carbocycles. The standard InChI is InChI=1S/C12H22N2S/c1-2-10-7-8-14(9-10)12(15)13-11-5-3-4-6-11/h10-11H,2-9H2,1H3,(H,13,15). The van der Waals surface area contributed by atoms with E-state index in [0.29, 0.717) is 6.04 Å². The average Bonchev–Trinajstić information content (AvgIpc) is 2.86. The summed E-state index contributed by atoms with van der Waals surface area (Å²) in [5, 5.41) is 4.53. The van der Waals surface area contributed by atoms with E-state index in [9.17, 15) is 0 Å². The summed E-state index contributed by atoms with van der Waals surface area (Å²) in [6, 6.07) is 0.665. The number of nitrogens with one attached hydrogen (secondary N) is 1. The van der Waals surface area contributed by atoms with Gasteiger partial charge in [0, 0.05) is 19.1 Å². The highest BCUT2D eigenvalue weighted by Gasteiger charge is 2.24. The summed E-state index contributed by atoms with van der Waals surface area (Å²) in [6.07, 6.45) is 7.98. The molecule has 2 nitrogen and oxygen atoms in total. The minimum atomic E-state index is 0.665. The summed E-state index contributed by atoms with van der Waals surface area (Å²) < 4.78 is 0. The van der Waals surface area contributed by atoms with Crippen molar-refractivity contribution >= 4 is 17.3 Å². The van der Waals surface area contributed by atoms with Crippen LogP contribution in [-0.4, -0.2) is 29.1 Å². The van der Waals surface area contributed by atoms with Crippen molar-refractivity contribution in [1.82, 2.24) is 10.2 Å². The van der Waals surface area contributed by atoms with Gasteiger partial charge in [-0.3, -0.25) is 0 Å². The maximum Gasteiger partial charge on any atom is 0.169 e. The van der Waals surface area contributed by atoms with E-state index in [-0.39, 0.29) is 0 Å². The van der Waals surface area contributed by atoms with Gasteiger partial charge in [0.15, 0.2) is 5.11 Å². The van der Waals surface area contributed by atoms with Crippen molar-refractivity contribution in [2.24, 2.45) is 5.92 Å². The predicted molar refractivity (Wildman–Crippen MR) is 68.0 cm³/mol. The minimum absolute atomic E-state index is 0.665. The zero-order chi connectivity index (χ0) is 10.7. The number of hydrogen-bond acceptors (Lipinski definition) is 1. The Morgan fingerprint density at radius 3 is 2.67 bits per heavy atom. The van der Waals surface area contributed by atoms with E-state index in [4.69, 9.17) is 12.2 Å². The van der Waals surface area contributed by atoms with Crippen LogP contribution in [0, 0.1) is 5.92 Å². The minimum Gasteiger partial charge on any atom is -0.360 e. The topological polar surface area (TPSA) is 15.3 Å². The fourth-order valence-electron chi connectivity index (χ4n) is 2.69. The number of thiocarbonyl (C=S) groups is 1. The van der Waals surface area contributed by atoms with Crippen molar-refractivity contribution in [2.45, 2.75) is 51.5 Å². The first kappa shape index (κ1) is 11.2. The van der Waals surface area contributed by atoms with Crippen molar-refractivity contribution in [2.75, 3.05) is 13.1 Å². The summed E-state index contributed by atoms with van der Waals surface area (Å²) in [5.74, 6) is 0.869. The Kier molecular flexibility index (Phi) is 3.84. The molecule has 1 atom stereocenters. The first-order valence-corrected chi connectivity index (χ1v) is 6.76. The number of likely N-dealkylation sites (tertiary alicyclic amines) is 1. The second kappa shape index (κ2) is 5.15. The summed E-state index contributed by atoms with van der Waals surface area (Å²) in [7, 11) is 0. The summed E-state index contributed by atoms with van der Waals surface area (Å²) in [4.78, 5) is 2.36. The lowest BCUT2D eigenvalue weighted by molar-refractivity contribution is 0.453. The molecule has 0 aromatic rings. The van der Waals surface area contributed by atoms with Crippen LogP contribution in [0.15, 0.2) is 0 Å². The molecule has 1 saturated carbocycles. The zero-order valence-electron chi connectivity index (χ0n) is 9.67. The van der Waals surface area contributed by atoms with E-state index in [1.165, 1.54) is 45.1 Å². The predicted octanol–water partition coefficient (Wildman–Crippen LogP) is 2.54. The van der Waals surface area contributed by atoms with E-state index in [0.717, 1.165) is 17.6 Å². The Balaban J connectivity index is 1.76. The molecule has 0 amide bonds. The molecule has 0 aromatic heterocycles. The zero-order valence-corrected chi connectivity index (χ0v) is 10.5. The third-order valence-corrected chi connectivity index (χ3v) is 4.21. The van der Waals surface area contributed by atoms with Crippen molar-refractivity contribution in [3.8, 4) is 0 Å². The van der Waals surface area contributed by atoms with Crippen LogP contribution in [0.5, 0.6) is 0 Å². The number of nitrogens with zero attached hydrogens (tertiary/aromatic N) is 1. The molecule has 0 radical (unpaired) electrons. The van der Waals surface area contributed by atoms with Gasteiger partial charge in [-0.15, -0.1) is 0 Å². The average molecular weight is 226 g/mol. The van der Waals surface area contributed by atoms with Crippen molar-refractivity contribution < 1.29 is 0 Å². The van der Waals surface area contributed by atoms with Crippen molar-refractivity contribution in [1.29, 1.82) is 0 Å². The second-order valence-corrected chi connectivity index (χ2v) is 5.33. The van der Waals surface area contributed by atoms with E-state index >= 15 is 0 Å². The summed E-state index contributed by atoms with van der Waals surface area (Å²) in [6.45, 7) is 4.62. The van der Waals surface area contributed by atoms with Gasteiger partial charge in [0.25, 0.3) is 0 Å². The first-order chi connectivity index (χ1) is 7.29. The highest BCUT2D eigenvalue weighted by molar-refractivity contribution is 7.80. The number of rotatable bonds is 2. The molecule has 1 saturated heterocycles. The molecule has 2 rings (SSSR count). The normalized spacial score (nSPS) is 27.3. The molecule has 1 aliphatic heterocycles. The summed E-state index contributed by atoms with van der Waals surface area (Å²) >= 11 is 5.47. The lowest BCUT2D eigenvalue weighted by Crippen LogP contribution is -2.42. The molecule has 3 heteroatoms. The van der Waals surface area contributed by atoms with Crippen LogP contribution in [0.4, 0.5) is 0 Å². The smallest absolute Gasteiger partial charge is 0.169 e. The molecule has 15 heavy (non-hydrogen) atoms. The van der Waals surface area contributed by atoms with Gasteiger partial charge in [0.2, 0.25) is 0 Å². The van der Waals surface area contributed by atoms with Gasteiger partial charge < -0.3 is 10.2 Å². The van der Waals surface area contributed by atoms with Crippen LogP contribution in [0.1, 0.15) is 45.4 Å². The van der Waals surface area contributed by atoms with E-state index < -0.39 is 0 Å². The van der Waals surface area contributed by atoms with Crippen LogP contribution in [0.25, 0.3) is 0 Å². The Bertz CT molecular complexity index is 224. The molecule has 0 bridgehead atoms. The molecular formula is C12H22N2S. The quantitative estimate of drug-likeness (QED) is 0.729. The van der Waals surface area contributed by atoms with E-state index in [2.05, 4.69) is 17.1 Å². The summed E-state index contributed by atoms with van der Waals surface area (Å²) in [5.41, 5.74) is 0. The maximum absolute atomic E-state index is 5.47. The highest BCUT2D eigenvalue weighted by Crippen LogP contribution is 2.21. The molecule has 2 fully saturated rings. The van der Waals surface area contributed by atoms with Gasteiger partial charge in [-0.2, -0.15) is 0 Å². The van der Waals surface area contributed by atoms with Crippen molar-refractivity contribution in [3.63, 3.8) is 0 Å². The fourth-order valence-corrected chi connectivity index (χ4v) is 3.02. The van der Waals surface area contributed by atoms with E-state index in [1.807, 2.05) is 0 Å². The van der Waals surface area contributed by atoms with Gasteiger partial charge >= 0.3 is 0 Å². The van der Waals surface area contributed by atoms with Crippen molar-refractivity contribution in [3.05, 3.63) is 0 Å². The Hall–Kier alpha value is -0.310. The molecular weight excluding hydrogens is 204 g/mol. The Morgan fingerprint density at radius 2 is 2.07 bits per heavy atom. The molecule has 1 aliphatic carbocycles. The van der Waals surface area contributed by atoms with Gasteiger partial charge in [-0.25, -0.2) is 0 Å². The fraction of sp³-hybridized carbons (Fsp3) is 0.917. The number of hydrogen-bond donors (Lipinski definition) is 1. The third-order valence-electron chi connectivity index (χ3n) is 3.83. The SMILES string of the molecule is CCC1CCN(C(=S)NC2CCCC2)C1. The van der Waals surface area contributed by atoms with Crippen LogP contribution in [0.2, 0.25) is 0 Å². The van der Waals surface area contributed by atoms with Gasteiger partial charge in [-0.1, -0.05) is 26.2 Å². The van der Waals surface area contributed by atoms with Crippen LogP contribution in [0.3, 0.4) is 0 Å². The van der Waals surface area contributed by atoms with Crippen LogP contribution < -0.4 is 5.32 Å². The lowest BCUT2D eigenvalue weighted by Gasteiger charge is -2.23. The largest absolute Gasteiger partial charge is 0.360 e. The van der Waals surface area contributed by atoms with Gasteiger partial charge in [-0.05, 0) is 37.4 Å². The first-order valence-electron chi connectivity index (χ1n) is 6.35. The van der Waals surface area contributed by atoms with Crippen LogP contribution >= 0.6 is 12.2 Å². The molecule has 1 unspecified atom stereocenters. The van der Waals surface area contributed by atoms with Gasteiger partial charge in [0.1, 0.15) is 0 Å². The monoisotopic (exact) mass is 226 g/mol. The van der Waals surface area contributed by atoms with Gasteiger partial charge in [0.05, 0.1) is 0 Å².